The number of hydrogen-bond acceptors (Lipinski definition) is 11. The van der Waals surface area contributed by atoms with Crippen molar-refractivity contribution in [2.75, 3.05) is 12.3 Å². The Bertz CT molecular complexity index is 2530. The van der Waals surface area contributed by atoms with Crippen LogP contribution in [0.2, 0.25) is 0 Å². The van der Waals surface area contributed by atoms with Crippen LogP contribution in [-0.2, 0) is 26.8 Å². The molecule has 0 aliphatic carbocycles. The van der Waals surface area contributed by atoms with Crippen LogP contribution in [0, 0.1) is 0 Å². The molecule has 0 unspecified atom stereocenters. The largest absolute Gasteiger partial charge is 0.478 e. The monoisotopic (exact) mass is 734 g/mol. The van der Waals surface area contributed by atoms with Crippen molar-refractivity contribution in [2.45, 2.75) is 29.2 Å². The van der Waals surface area contributed by atoms with Crippen LogP contribution in [0.25, 0.3) is 22.6 Å². The zero-order valence-corrected chi connectivity index (χ0v) is 27.7. The van der Waals surface area contributed by atoms with Gasteiger partial charge in [0.2, 0.25) is 0 Å². The number of amides is 1. The number of ketones is 1. The molecule has 51 heavy (non-hydrogen) atoms. The van der Waals surface area contributed by atoms with Gasteiger partial charge in [-0.1, -0.05) is 23.8 Å². The fourth-order valence-corrected chi connectivity index (χ4v) is 6.97. The maximum absolute atomic E-state index is 13.4. The SMILES string of the molecule is C=c1ccc2c(c1S(=O)(=O)O)Oc1c(ccc(N)c1S(=O)(=O)O)C=2c1cc(C(=O)CCCNC(=O)c2ccc(CN=[N+]=[N-])nc2)ccc1C(=O)O. The molecule has 4 aromatic rings. The number of carboxylic acid groups (broad SMARTS) is 1. The summed E-state index contributed by atoms with van der Waals surface area (Å²) < 4.78 is 75.8. The lowest BCUT2D eigenvalue weighted by Crippen LogP contribution is -2.27. The number of pyridine rings is 1. The van der Waals surface area contributed by atoms with Crippen molar-refractivity contribution in [1.82, 2.24) is 10.3 Å². The van der Waals surface area contributed by atoms with Crippen molar-refractivity contribution in [3.63, 3.8) is 0 Å². The highest BCUT2D eigenvalue weighted by atomic mass is 32.2. The highest BCUT2D eigenvalue weighted by Gasteiger charge is 2.34. The number of carbonyl (C=O) groups excluding carboxylic acids is 2. The molecule has 0 bridgehead atoms. The summed E-state index contributed by atoms with van der Waals surface area (Å²) in [6.07, 6.45) is 1.37. The molecule has 3 aromatic carbocycles. The lowest BCUT2D eigenvalue weighted by atomic mass is 9.87. The van der Waals surface area contributed by atoms with E-state index in [4.69, 9.17) is 16.0 Å². The highest BCUT2D eigenvalue weighted by Crippen LogP contribution is 2.44. The number of rotatable bonds is 12. The number of benzene rings is 3. The van der Waals surface area contributed by atoms with Gasteiger partial charge in [0.1, 0.15) is 4.90 Å². The van der Waals surface area contributed by atoms with Crippen molar-refractivity contribution in [3.05, 3.63) is 115 Å². The number of carboxylic acids is 1. The van der Waals surface area contributed by atoms with Crippen molar-refractivity contribution in [3.8, 4) is 11.5 Å². The molecule has 262 valence electrons. The number of anilines is 1. The van der Waals surface area contributed by atoms with Crippen molar-refractivity contribution >= 4 is 55.7 Å². The zero-order valence-electron chi connectivity index (χ0n) is 26.1. The number of nitrogens with zero attached hydrogens (tertiary/aromatic N) is 4. The van der Waals surface area contributed by atoms with E-state index in [0.717, 1.165) is 12.1 Å². The van der Waals surface area contributed by atoms with Crippen LogP contribution in [0.5, 0.6) is 11.5 Å². The standard InChI is InChI=1S/C32H26N6O11S2/c1-16-4-8-21-26(22-10-11-24(33)30(51(46,47)48)28(22)49-27(21)29(16)50(43,44)45)23-13-17(6-9-20(23)32(41)42)25(39)3-2-12-35-31(40)18-5-7-19(36-14-18)15-37-38-34/h4-11,13-14H,1-3,12,15,33H2,(H,35,40)(H,41,42)(H,43,44,45)(H,46,47,48). The number of nitrogen functional groups attached to an aromatic ring is 1. The number of carbonyl (C=O) groups is 3. The smallest absolute Gasteiger partial charge is 0.336 e. The average molecular weight is 735 g/mol. The van der Waals surface area contributed by atoms with Gasteiger partial charge in [0.15, 0.2) is 22.2 Å². The average Bonchev–Trinajstić information content (AvgIpc) is 3.06. The molecule has 1 aliphatic heterocycles. The third kappa shape index (κ3) is 7.42. The lowest BCUT2D eigenvalue weighted by molar-refractivity contribution is 0.0695. The molecule has 19 heteroatoms. The van der Waals surface area contributed by atoms with E-state index >= 15 is 0 Å². The molecule has 0 fully saturated rings. The van der Waals surface area contributed by atoms with Crippen LogP contribution in [0.15, 0.2) is 75.7 Å². The fraction of sp³-hybridized carbons (Fsp3) is 0.125. The third-order valence-corrected chi connectivity index (χ3v) is 9.59. The maximum Gasteiger partial charge on any atom is 0.336 e. The zero-order chi connectivity index (χ0) is 37.2. The second-order valence-electron chi connectivity index (χ2n) is 11.0. The summed E-state index contributed by atoms with van der Waals surface area (Å²) in [6, 6.07) is 11.5. The normalized spacial score (nSPS) is 12.2. The van der Waals surface area contributed by atoms with Gasteiger partial charge in [-0.2, -0.15) is 16.8 Å². The first-order valence-corrected chi connectivity index (χ1v) is 17.5. The van der Waals surface area contributed by atoms with E-state index in [1.807, 2.05) is 0 Å². The van der Waals surface area contributed by atoms with Crippen LogP contribution in [0.1, 0.15) is 60.7 Å². The van der Waals surface area contributed by atoms with Crippen molar-refractivity contribution < 1.29 is 50.2 Å². The van der Waals surface area contributed by atoms with E-state index in [2.05, 4.69) is 26.9 Å². The first kappa shape index (κ1) is 36.2. The van der Waals surface area contributed by atoms with Gasteiger partial charge in [-0.3, -0.25) is 23.7 Å². The highest BCUT2D eigenvalue weighted by molar-refractivity contribution is 7.86. The first-order chi connectivity index (χ1) is 24.0. The number of azide groups is 1. The number of ether oxygens (including phenoxy) is 1. The molecule has 0 radical (unpaired) electrons. The Morgan fingerprint density at radius 2 is 1.65 bits per heavy atom. The van der Waals surface area contributed by atoms with E-state index in [-0.39, 0.29) is 69.8 Å². The van der Waals surface area contributed by atoms with Crippen LogP contribution in [0.3, 0.4) is 0 Å². The van der Waals surface area contributed by atoms with Crippen LogP contribution >= 0.6 is 0 Å². The Morgan fingerprint density at radius 1 is 0.941 bits per heavy atom. The summed E-state index contributed by atoms with van der Waals surface area (Å²) in [5, 5.41) is 15.8. The summed E-state index contributed by atoms with van der Waals surface area (Å²) in [6.45, 7) is 3.69. The predicted molar refractivity (Wildman–Crippen MR) is 180 cm³/mol. The minimum atomic E-state index is -5.14. The molecule has 1 amide bonds. The third-order valence-electron chi connectivity index (χ3n) is 7.69. The molecule has 0 spiro atoms. The second-order valence-corrected chi connectivity index (χ2v) is 13.7. The number of fused-ring (bicyclic) bond motifs is 2. The van der Waals surface area contributed by atoms with Gasteiger partial charge >= 0.3 is 5.97 Å². The quantitative estimate of drug-likeness (QED) is 0.0235. The number of nitrogens with two attached hydrogens (primary N) is 1. The van der Waals surface area contributed by atoms with E-state index < -0.39 is 64.9 Å². The lowest BCUT2D eigenvalue weighted by Gasteiger charge is -2.25. The Morgan fingerprint density at radius 3 is 2.27 bits per heavy atom. The molecule has 6 N–H and O–H groups in total. The van der Waals surface area contributed by atoms with Gasteiger partial charge in [0.05, 0.1) is 23.4 Å². The summed E-state index contributed by atoms with van der Waals surface area (Å²) in [5.74, 6) is -3.70. The molecule has 0 atom stereocenters. The minimum absolute atomic E-state index is 0.0115. The van der Waals surface area contributed by atoms with E-state index in [1.54, 1.807) is 0 Å². The van der Waals surface area contributed by atoms with Gasteiger partial charge in [-0.05, 0) is 65.2 Å². The molecule has 2 heterocycles. The number of aromatic nitrogens is 1. The Hall–Kier alpha value is -6.11. The van der Waals surface area contributed by atoms with Crippen molar-refractivity contribution in [2.24, 2.45) is 5.11 Å². The molecular formula is C32H26N6O11S2. The topological polar surface area (TPSA) is 289 Å². The molecular weight excluding hydrogens is 709 g/mol. The Kier molecular flexibility index (Phi) is 9.94. The molecule has 0 saturated heterocycles. The van der Waals surface area contributed by atoms with Gasteiger partial charge in [0, 0.05) is 51.7 Å². The molecule has 1 aromatic heterocycles. The summed E-state index contributed by atoms with van der Waals surface area (Å²) in [5.41, 5.74) is 13.7. The van der Waals surface area contributed by atoms with E-state index in [1.165, 1.54) is 48.7 Å². The van der Waals surface area contributed by atoms with Gasteiger partial charge < -0.3 is 20.9 Å². The Balaban J connectivity index is 1.55. The van der Waals surface area contributed by atoms with Gasteiger partial charge in [0.25, 0.3) is 26.1 Å². The summed E-state index contributed by atoms with van der Waals surface area (Å²) >= 11 is 0. The predicted octanol–water partition coefficient (Wildman–Crippen LogP) is 2.82. The number of Topliss-reactive ketones (excluding diaryl/α,β-unsaturated/α-hetero) is 1. The molecule has 5 rings (SSSR count). The van der Waals surface area contributed by atoms with Gasteiger partial charge in [-0.15, -0.1) is 0 Å². The number of hydrogen-bond donors (Lipinski definition) is 5. The van der Waals surface area contributed by atoms with E-state index in [0.29, 0.717) is 5.69 Å². The minimum Gasteiger partial charge on any atom is -0.478 e. The number of aromatic carboxylic acids is 1. The van der Waals surface area contributed by atoms with Gasteiger partial charge in [-0.25, -0.2) is 4.79 Å². The van der Waals surface area contributed by atoms with Crippen LogP contribution in [-0.4, -0.2) is 60.2 Å². The molecule has 17 nitrogen and oxygen atoms in total. The maximum atomic E-state index is 13.4. The fourth-order valence-electron chi connectivity index (χ4n) is 5.43. The molecule has 0 saturated carbocycles. The van der Waals surface area contributed by atoms with E-state index in [9.17, 15) is 45.4 Å². The van der Waals surface area contributed by atoms with Crippen LogP contribution < -0.4 is 26.2 Å². The Labute approximate surface area is 288 Å². The molecule has 1 aliphatic rings. The summed E-state index contributed by atoms with van der Waals surface area (Å²) in [4.78, 5) is 43.2. The second kappa shape index (κ2) is 14.0. The first-order valence-electron chi connectivity index (χ1n) is 14.6. The van der Waals surface area contributed by atoms with Crippen LogP contribution in [0.4, 0.5) is 5.69 Å². The summed E-state index contributed by atoms with van der Waals surface area (Å²) in [7, 11) is -10.2. The van der Waals surface area contributed by atoms with Crippen molar-refractivity contribution in [1.29, 1.82) is 0 Å². The number of nitrogens with one attached hydrogen (secondary N) is 1.